The molecule has 2 rings (SSSR count). The van der Waals surface area contributed by atoms with Crippen molar-refractivity contribution in [3.63, 3.8) is 0 Å². The number of anilines is 1. The van der Waals surface area contributed by atoms with Crippen LogP contribution in [0.15, 0.2) is 47.3 Å². The molecule has 5 nitrogen and oxygen atoms in total. The molecular weight excluding hydrogens is 232 g/mol. The predicted octanol–water partition coefficient (Wildman–Crippen LogP) is 1.89. The van der Waals surface area contributed by atoms with Gasteiger partial charge in [0, 0.05) is 18.3 Å². The maximum atomic E-state index is 11.7. The van der Waals surface area contributed by atoms with Crippen molar-refractivity contribution in [2.24, 2.45) is 0 Å². The fourth-order valence-corrected chi connectivity index (χ4v) is 1.45. The van der Waals surface area contributed by atoms with Crippen LogP contribution in [-0.4, -0.2) is 18.9 Å². The van der Waals surface area contributed by atoms with Crippen molar-refractivity contribution in [3.8, 4) is 0 Å². The summed E-state index contributed by atoms with van der Waals surface area (Å²) in [6.45, 7) is 0. The molecule has 0 unspecified atom stereocenters. The summed E-state index contributed by atoms with van der Waals surface area (Å²) in [5.41, 5.74) is 1.61. The van der Waals surface area contributed by atoms with Gasteiger partial charge in [0.1, 0.15) is 6.26 Å². The number of hydrogen-bond acceptors (Lipinski definition) is 3. The van der Waals surface area contributed by atoms with Gasteiger partial charge in [0.15, 0.2) is 0 Å². The van der Waals surface area contributed by atoms with Crippen molar-refractivity contribution in [1.82, 2.24) is 5.32 Å². The highest BCUT2D eigenvalue weighted by atomic mass is 16.3. The molecule has 18 heavy (non-hydrogen) atoms. The van der Waals surface area contributed by atoms with Gasteiger partial charge in [-0.2, -0.15) is 0 Å². The Hall–Kier alpha value is -2.56. The van der Waals surface area contributed by atoms with E-state index in [1.165, 1.54) is 12.5 Å². The molecule has 92 valence electrons. The third kappa shape index (κ3) is 2.57. The summed E-state index contributed by atoms with van der Waals surface area (Å²) in [4.78, 5) is 23.0. The highest BCUT2D eigenvalue weighted by molar-refractivity contribution is 6.04. The van der Waals surface area contributed by atoms with Gasteiger partial charge in [0.25, 0.3) is 11.8 Å². The fraction of sp³-hybridized carbons (Fsp3) is 0.0769. The topological polar surface area (TPSA) is 71.3 Å². The van der Waals surface area contributed by atoms with Crippen molar-refractivity contribution in [1.29, 1.82) is 0 Å². The van der Waals surface area contributed by atoms with E-state index >= 15 is 0 Å². The lowest BCUT2D eigenvalue weighted by molar-refractivity contribution is 0.0962. The Kier molecular flexibility index (Phi) is 3.43. The van der Waals surface area contributed by atoms with E-state index < -0.39 is 0 Å². The van der Waals surface area contributed by atoms with E-state index in [0.29, 0.717) is 16.8 Å². The van der Waals surface area contributed by atoms with E-state index in [4.69, 9.17) is 4.42 Å². The van der Waals surface area contributed by atoms with Gasteiger partial charge in [-0.3, -0.25) is 9.59 Å². The molecule has 0 bridgehead atoms. The smallest absolute Gasteiger partial charge is 0.258 e. The summed E-state index contributed by atoms with van der Waals surface area (Å²) in [6, 6.07) is 8.20. The number of hydrogen-bond donors (Lipinski definition) is 2. The zero-order chi connectivity index (χ0) is 13.0. The monoisotopic (exact) mass is 244 g/mol. The summed E-state index contributed by atoms with van der Waals surface area (Å²) >= 11 is 0. The van der Waals surface area contributed by atoms with Crippen molar-refractivity contribution in [2.75, 3.05) is 12.4 Å². The maximum Gasteiger partial charge on any atom is 0.258 e. The van der Waals surface area contributed by atoms with Crippen LogP contribution in [0, 0.1) is 0 Å². The van der Waals surface area contributed by atoms with Gasteiger partial charge in [0.2, 0.25) is 0 Å². The van der Waals surface area contributed by atoms with Gasteiger partial charge in [-0.05, 0) is 30.3 Å². The number of benzene rings is 1. The number of nitrogens with one attached hydrogen (secondary N) is 2. The summed E-state index contributed by atoms with van der Waals surface area (Å²) in [5, 5.41) is 5.22. The lowest BCUT2D eigenvalue weighted by Crippen LogP contribution is -2.17. The summed E-state index contributed by atoms with van der Waals surface area (Å²) in [7, 11) is 1.57. The Labute approximate surface area is 104 Å². The lowest BCUT2D eigenvalue weighted by Gasteiger charge is -2.04. The van der Waals surface area contributed by atoms with Crippen LogP contribution in [0.4, 0.5) is 5.69 Å². The van der Waals surface area contributed by atoms with Crippen LogP contribution in [-0.2, 0) is 0 Å². The normalized spacial score (nSPS) is 9.83. The first kappa shape index (κ1) is 11.9. The Morgan fingerprint density at radius 3 is 2.28 bits per heavy atom. The molecule has 0 atom stereocenters. The zero-order valence-corrected chi connectivity index (χ0v) is 9.77. The van der Waals surface area contributed by atoms with Crippen LogP contribution in [0.2, 0.25) is 0 Å². The number of furan rings is 1. The first-order valence-corrected chi connectivity index (χ1v) is 5.36. The molecule has 1 heterocycles. The molecule has 2 N–H and O–H groups in total. The van der Waals surface area contributed by atoms with Crippen molar-refractivity contribution in [3.05, 3.63) is 54.0 Å². The molecule has 0 radical (unpaired) electrons. The van der Waals surface area contributed by atoms with E-state index in [9.17, 15) is 9.59 Å². The minimum absolute atomic E-state index is 0.164. The number of carbonyl (C=O) groups excluding carboxylic acids is 2. The molecule has 0 aliphatic heterocycles. The van der Waals surface area contributed by atoms with Crippen molar-refractivity contribution >= 4 is 17.5 Å². The van der Waals surface area contributed by atoms with Gasteiger partial charge in [0.05, 0.1) is 11.8 Å². The molecule has 1 aromatic carbocycles. The van der Waals surface area contributed by atoms with Crippen molar-refractivity contribution in [2.45, 2.75) is 0 Å². The number of carbonyl (C=O) groups is 2. The first-order valence-electron chi connectivity index (χ1n) is 5.36. The maximum absolute atomic E-state index is 11.7. The minimum atomic E-state index is -0.253. The van der Waals surface area contributed by atoms with E-state index in [1.807, 2.05) is 0 Å². The van der Waals surface area contributed by atoms with Gasteiger partial charge in [-0.1, -0.05) is 0 Å². The summed E-state index contributed by atoms with van der Waals surface area (Å²) in [5.74, 6) is -0.417. The van der Waals surface area contributed by atoms with Crippen molar-refractivity contribution < 1.29 is 14.0 Å². The minimum Gasteiger partial charge on any atom is -0.472 e. The van der Waals surface area contributed by atoms with Crippen LogP contribution in [0.5, 0.6) is 0 Å². The van der Waals surface area contributed by atoms with E-state index in [0.717, 1.165) is 0 Å². The Bertz CT molecular complexity index is 544. The van der Waals surface area contributed by atoms with E-state index in [-0.39, 0.29) is 11.8 Å². The molecule has 0 fully saturated rings. The molecule has 0 aliphatic rings. The zero-order valence-electron chi connectivity index (χ0n) is 9.77. The molecule has 0 saturated carbocycles. The largest absolute Gasteiger partial charge is 0.472 e. The predicted molar refractivity (Wildman–Crippen MR) is 66.5 cm³/mol. The second-order valence-electron chi connectivity index (χ2n) is 3.62. The third-order valence-corrected chi connectivity index (χ3v) is 2.42. The van der Waals surface area contributed by atoms with Gasteiger partial charge in [-0.25, -0.2) is 0 Å². The second kappa shape index (κ2) is 5.18. The molecule has 0 aliphatic carbocycles. The van der Waals surface area contributed by atoms with Gasteiger partial charge in [-0.15, -0.1) is 0 Å². The Balaban J connectivity index is 2.07. The van der Waals surface area contributed by atoms with Crippen LogP contribution in [0.25, 0.3) is 0 Å². The third-order valence-electron chi connectivity index (χ3n) is 2.42. The quantitative estimate of drug-likeness (QED) is 0.866. The molecule has 2 aromatic rings. The first-order chi connectivity index (χ1) is 8.70. The standard InChI is InChI=1S/C13H12N2O3/c1-14-12(16)9-2-4-11(5-3-9)15-13(17)10-6-7-18-8-10/h2-8H,1H3,(H,14,16)(H,15,17). The fourth-order valence-electron chi connectivity index (χ4n) is 1.45. The van der Waals surface area contributed by atoms with Crippen LogP contribution >= 0.6 is 0 Å². The highest BCUT2D eigenvalue weighted by Gasteiger charge is 2.08. The molecule has 0 saturated heterocycles. The van der Waals surface area contributed by atoms with Crippen LogP contribution in [0.1, 0.15) is 20.7 Å². The Morgan fingerprint density at radius 2 is 1.72 bits per heavy atom. The molecule has 1 aromatic heterocycles. The van der Waals surface area contributed by atoms with E-state index in [1.54, 1.807) is 37.4 Å². The van der Waals surface area contributed by atoms with E-state index in [2.05, 4.69) is 10.6 Å². The number of rotatable bonds is 3. The average Bonchev–Trinajstić information content (AvgIpc) is 2.92. The Morgan fingerprint density at radius 1 is 1.00 bits per heavy atom. The van der Waals surface area contributed by atoms with Crippen LogP contribution < -0.4 is 10.6 Å². The second-order valence-corrected chi connectivity index (χ2v) is 3.62. The number of amides is 2. The lowest BCUT2D eigenvalue weighted by atomic mass is 10.2. The summed E-state index contributed by atoms with van der Waals surface area (Å²) < 4.78 is 4.82. The molecule has 2 amide bonds. The highest BCUT2D eigenvalue weighted by Crippen LogP contribution is 2.11. The summed E-state index contributed by atoms with van der Waals surface area (Å²) in [6.07, 6.45) is 2.80. The van der Waals surface area contributed by atoms with Crippen LogP contribution in [0.3, 0.4) is 0 Å². The van der Waals surface area contributed by atoms with Gasteiger partial charge >= 0.3 is 0 Å². The molecule has 0 spiro atoms. The van der Waals surface area contributed by atoms with Gasteiger partial charge < -0.3 is 15.1 Å². The molecule has 5 heteroatoms. The average molecular weight is 244 g/mol. The SMILES string of the molecule is CNC(=O)c1ccc(NC(=O)c2ccoc2)cc1. The molecular formula is C13H12N2O3.